The van der Waals surface area contributed by atoms with Gasteiger partial charge in [-0.15, -0.1) is 0 Å². The van der Waals surface area contributed by atoms with Crippen molar-refractivity contribution in [3.63, 3.8) is 0 Å². The molecule has 1 aliphatic rings. The fraction of sp³-hybridized carbons (Fsp3) is 0.467. The summed E-state index contributed by atoms with van der Waals surface area (Å²) >= 11 is 0. The van der Waals surface area contributed by atoms with E-state index in [1.54, 1.807) is 6.92 Å². The number of carbonyl (C=O) groups is 3. The summed E-state index contributed by atoms with van der Waals surface area (Å²) in [4.78, 5) is 49.9. The van der Waals surface area contributed by atoms with Gasteiger partial charge in [0.05, 0.1) is 29.0 Å². The number of para-hydroxylation sites is 2. The van der Waals surface area contributed by atoms with Crippen molar-refractivity contribution in [3.05, 3.63) is 66.0 Å². The number of amides is 3. The Labute approximate surface area is 224 Å². The maximum atomic E-state index is 13.8. The molecule has 0 saturated carbocycles. The summed E-state index contributed by atoms with van der Waals surface area (Å²) in [5, 5.41) is 5.86. The molecule has 0 radical (unpaired) electrons. The van der Waals surface area contributed by atoms with E-state index in [1.807, 2.05) is 66.4 Å². The van der Waals surface area contributed by atoms with Crippen LogP contribution in [0, 0.1) is 11.8 Å². The number of fused-ring (bicyclic) bond motifs is 1. The number of hydrogen-bond acceptors (Lipinski definition) is 4. The summed E-state index contributed by atoms with van der Waals surface area (Å²) in [5.41, 5.74) is 2.78. The highest BCUT2D eigenvalue weighted by molar-refractivity contribution is 5.93. The van der Waals surface area contributed by atoms with E-state index in [9.17, 15) is 14.4 Å². The van der Waals surface area contributed by atoms with Crippen molar-refractivity contribution in [1.29, 1.82) is 0 Å². The molecule has 1 aromatic heterocycles. The van der Waals surface area contributed by atoms with Crippen molar-refractivity contribution >= 4 is 28.8 Å². The molecule has 8 nitrogen and oxygen atoms in total. The van der Waals surface area contributed by atoms with E-state index in [0.717, 1.165) is 29.4 Å². The van der Waals surface area contributed by atoms with Gasteiger partial charge >= 0.3 is 0 Å². The zero-order valence-corrected chi connectivity index (χ0v) is 22.7. The summed E-state index contributed by atoms with van der Waals surface area (Å²) < 4.78 is 0. The second-order valence-electron chi connectivity index (χ2n) is 10.7. The molecule has 0 bridgehead atoms. The summed E-state index contributed by atoms with van der Waals surface area (Å²) in [6, 6.07) is 16.2. The van der Waals surface area contributed by atoms with Crippen LogP contribution in [0.15, 0.2) is 54.6 Å². The standard InChI is InChI=1S/C30H39N5O3/c1-19(2)16-17-26(36)34-27(29(37)31-21(4)28-32-23-13-8-9-14-24(23)33-28)20(3)30(38)35-18-10-15-25(35)22-11-6-5-7-12-22/h5-9,11-14,19-21,25,27H,10,15-18H2,1-4H3,(H,31,37)(H,32,33)(H,34,36)/t20-,21?,25-,27+/m1/s1. The number of benzene rings is 2. The summed E-state index contributed by atoms with van der Waals surface area (Å²) in [6.07, 6.45) is 2.79. The van der Waals surface area contributed by atoms with Gasteiger partial charge in [-0.05, 0) is 49.8 Å². The number of nitrogens with zero attached hydrogens (tertiary/aromatic N) is 2. The third kappa shape index (κ3) is 6.41. The molecule has 0 aliphatic carbocycles. The van der Waals surface area contributed by atoms with Crippen molar-refractivity contribution in [2.45, 2.75) is 71.5 Å². The Morgan fingerprint density at radius 2 is 1.71 bits per heavy atom. The molecule has 1 unspecified atom stereocenters. The van der Waals surface area contributed by atoms with Gasteiger partial charge in [0.15, 0.2) is 0 Å². The van der Waals surface area contributed by atoms with Gasteiger partial charge in [0.2, 0.25) is 17.7 Å². The second kappa shape index (κ2) is 12.2. The second-order valence-corrected chi connectivity index (χ2v) is 10.7. The highest BCUT2D eigenvalue weighted by atomic mass is 16.2. The lowest BCUT2D eigenvalue weighted by Crippen LogP contribution is -2.54. The average molecular weight is 518 g/mol. The van der Waals surface area contributed by atoms with Crippen molar-refractivity contribution in [3.8, 4) is 0 Å². The monoisotopic (exact) mass is 517 g/mol. The molecule has 2 aromatic carbocycles. The molecule has 1 saturated heterocycles. The third-order valence-electron chi connectivity index (χ3n) is 7.33. The van der Waals surface area contributed by atoms with Crippen LogP contribution in [0.25, 0.3) is 11.0 Å². The minimum atomic E-state index is -0.994. The molecule has 3 N–H and O–H groups in total. The highest BCUT2D eigenvalue weighted by Gasteiger charge is 2.39. The van der Waals surface area contributed by atoms with E-state index >= 15 is 0 Å². The first-order valence-electron chi connectivity index (χ1n) is 13.6. The molecule has 3 amide bonds. The molecule has 2 heterocycles. The van der Waals surface area contributed by atoms with Gasteiger partial charge in [-0.1, -0.05) is 63.2 Å². The van der Waals surface area contributed by atoms with E-state index < -0.39 is 23.9 Å². The number of aromatic nitrogens is 2. The number of hydrogen-bond donors (Lipinski definition) is 3. The SMILES string of the molecule is CC(C)CCC(=O)N[C@H](C(=O)NC(C)c1nc2ccccc2[nH]1)[C@@H](C)C(=O)N1CCC[C@@H]1c1ccccc1. The quantitative estimate of drug-likeness (QED) is 0.364. The van der Waals surface area contributed by atoms with Gasteiger partial charge in [-0.25, -0.2) is 4.98 Å². The zero-order chi connectivity index (χ0) is 27.2. The molecule has 4 atom stereocenters. The molecule has 1 aliphatic heterocycles. The van der Waals surface area contributed by atoms with Gasteiger partial charge in [0, 0.05) is 13.0 Å². The van der Waals surface area contributed by atoms with E-state index in [2.05, 4.69) is 34.4 Å². The van der Waals surface area contributed by atoms with Crippen LogP contribution >= 0.6 is 0 Å². The topological polar surface area (TPSA) is 107 Å². The smallest absolute Gasteiger partial charge is 0.243 e. The lowest BCUT2D eigenvalue weighted by molar-refractivity contribution is -0.141. The van der Waals surface area contributed by atoms with E-state index in [1.165, 1.54) is 0 Å². The average Bonchev–Trinajstić information content (AvgIpc) is 3.58. The van der Waals surface area contributed by atoms with Gasteiger partial charge in [-0.2, -0.15) is 0 Å². The molecule has 3 aromatic rings. The Bertz CT molecular complexity index is 1220. The van der Waals surface area contributed by atoms with Crippen molar-refractivity contribution in [2.75, 3.05) is 6.54 Å². The predicted molar refractivity (Wildman–Crippen MR) is 148 cm³/mol. The summed E-state index contributed by atoms with van der Waals surface area (Å²) in [5.74, 6) is -0.506. The molecule has 8 heteroatoms. The molecule has 4 rings (SSSR count). The molecular weight excluding hydrogens is 478 g/mol. The Morgan fingerprint density at radius 3 is 2.42 bits per heavy atom. The van der Waals surface area contributed by atoms with Crippen LogP contribution in [0.1, 0.15) is 76.8 Å². The molecule has 202 valence electrons. The highest BCUT2D eigenvalue weighted by Crippen LogP contribution is 2.33. The van der Waals surface area contributed by atoms with E-state index in [4.69, 9.17) is 0 Å². The summed E-state index contributed by atoms with van der Waals surface area (Å²) in [7, 11) is 0. The largest absolute Gasteiger partial charge is 0.345 e. The van der Waals surface area contributed by atoms with Gasteiger partial charge < -0.3 is 20.5 Å². The Balaban J connectivity index is 1.52. The minimum Gasteiger partial charge on any atom is -0.345 e. The van der Waals surface area contributed by atoms with Crippen LogP contribution in [-0.2, 0) is 14.4 Å². The van der Waals surface area contributed by atoms with Crippen LogP contribution in [0.5, 0.6) is 0 Å². The first-order valence-corrected chi connectivity index (χ1v) is 13.6. The Hall–Kier alpha value is -3.68. The number of likely N-dealkylation sites (tertiary alicyclic amines) is 1. The normalized spacial score (nSPS) is 17.8. The Kier molecular flexibility index (Phi) is 8.81. The molecule has 38 heavy (non-hydrogen) atoms. The van der Waals surface area contributed by atoms with E-state index in [-0.39, 0.29) is 17.9 Å². The first-order chi connectivity index (χ1) is 18.2. The number of carbonyl (C=O) groups excluding carboxylic acids is 3. The number of nitrogens with one attached hydrogen (secondary N) is 3. The lowest BCUT2D eigenvalue weighted by Gasteiger charge is -2.31. The lowest BCUT2D eigenvalue weighted by atomic mass is 9.96. The Morgan fingerprint density at radius 1 is 1.00 bits per heavy atom. The predicted octanol–water partition coefficient (Wildman–Crippen LogP) is 4.66. The van der Waals surface area contributed by atoms with Crippen LogP contribution in [0.4, 0.5) is 0 Å². The van der Waals surface area contributed by atoms with Crippen molar-refractivity contribution in [1.82, 2.24) is 25.5 Å². The molecule has 1 fully saturated rings. The molecule has 0 spiro atoms. The first kappa shape index (κ1) is 27.4. The van der Waals surface area contributed by atoms with Gasteiger partial charge in [-0.3, -0.25) is 14.4 Å². The number of imidazole rings is 1. The summed E-state index contributed by atoms with van der Waals surface area (Å²) in [6.45, 7) is 8.31. The van der Waals surface area contributed by atoms with Crippen LogP contribution in [0.2, 0.25) is 0 Å². The van der Waals surface area contributed by atoms with Crippen LogP contribution in [-0.4, -0.2) is 45.2 Å². The maximum Gasteiger partial charge on any atom is 0.243 e. The number of H-pyrrole nitrogens is 1. The third-order valence-corrected chi connectivity index (χ3v) is 7.33. The molecular formula is C30H39N5O3. The van der Waals surface area contributed by atoms with Crippen LogP contribution < -0.4 is 10.6 Å². The van der Waals surface area contributed by atoms with Crippen molar-refractivity contribution < 1.29 is 14.4 Å². The van der Waals surface area contributed by atoms with Gasteiger partial charge in [0.25, 0.3) is 0 Å². The van der Waals surface area contributed by atoms with Crippen molar-refractivity contribution in [2.24, 2.45) is 11.8 Å². The fourth-order valence-corrected chi connectivity index (χ4v) is 5.09. The zero-order valence-electron chi connectivity index (χ0n) is 22.7. The van der Waals surface area contributed by atoms with Crippen LogP contribution in [0.3, 0.4) is 0 Å². The number of rotatable bonds is 10. The van der Waals surface area contributed by atoms with E-state index in [0.29, 0.717) is 31.1 Å². The maximum absolute atomic E-state index is 13.8. The van der Waals surface area contributed by atoms with Gasteiger partial charge in [0.1, 0.15) is 11.9 Å². The number of aromatic amines is 1. The fourth-order valence-electron chi connectivity index (χ4n) is 5.09. The minimum absolute atomic E-state index is 0.0269.